The molecule has 0 aliphatic carbocycles. The summed E-state index contributed by atoms with van der Waals surface area (Å²) in [5, 5.41) is 38.9. The zero-order valence-electron chi connectivity index (χ0n) is 8.73. The Hall–Kier alpha value is 1.69. The maximum Gasteiger partial charge on any atom is 2.00 e. The van der Waals surface area contributed by atoms with E-state index in [1.54, 1.807) is 0 Å². The largest absolute Gasteiger partial charge is 2.00 e. The van der Waals surface area contributed by atoms with Gasteiger partial charge in [-0.15, -0.1) is 0 Å². The van der Waals surface area contributed by atoms with E-state index >= 15 is 0 Å². The van der Waals surface area contributed by atoms with Crippen LogP contribution in [-0.4, -0.2) is 66.4 Å². The van der Waals surface area contributed by atoms with Gasteiger partial charge in [0, 0.05) is 24.8 Å². The molecule has 0 aromatic heterocycles. The Bertz CT molecular complexity index is 249. The number of aliphatic carboxylic acids is 3. The molecular weight excluding hydrogens is 465 g/mol. The van der Waals surface area contributed by atoms with E-state index in [9.17, 15) is 29.7 Å². The van der Waals surface area contributed by atoms with Crippen LogP contribution in [0.2, 0.25) is 0 Å². The molecule has 0 bridgehead atoms. The normalized spacial score (nSPS) is 8.29. The van der Waals surface area contributed by atoms with Gasteiger partial charge in [-0.3, -0.25) is 0 Å². The topological polar surface area (TPSA) is 141 Å². The Balaban J connectivity index is -0.000000120. The Labute approximate surface area is 170 Å². The van der Waals surface area contributed by atoms with E-state index in [2.05, 4.69) is 0 Å². The van der Waals surface area contributed by atoms with Gasteiger partial charge in [0.1, 0.15) is 5.60 Å². The average Bonchev–Trinajstić information content (AvgIpc) is 1.82. The van der Waals surface area contributed by atoms with Crippen LogP contribution in [0.3, 0.4) is 0 Å². The van der Waals surface area contributed by atoms with E-state index in [0.29, 0.717) is 0 Å². The van der Waals surface area contributed by atoms with Gasteiger partial charge >= 0.3 is 102 Å². The number of hydrogen-bond acceptors (Lipinski definition) is 7. The number of carbonyl (C=O) groups is 3. The molecule has 0 amide bonds. The Kier molecular flexibility index (Phi) is 25.9. The molecule has 0 saturated heterocycles. The minimum atomic E-state index is -2.97. The fourth-order valence-electron chi connectivity index (χ4n) is 0.684. The predicted octanol–water partition coefficient (Wildman–Crippen LogP) is -5.64. The minimum Gasteiger partial charge on any atom is -0.550 e. The third-order valence-corrected chi connectivity index (χ3v) is 1.25. The number of carboxylic acid groups (broad SMARTS) is 3. The molecule has 0 aliphatic rings. The standard InChI is InChI=1S/C6H8O7.Ca.Cd.Cu.Zn/c7-3(8)1-6(13,5(11)12)2-4(9)10;;;;/h13H,1-2H2,(H,7,8)(H,9,10)(H,11,12);;;;/q;4*+2/p-3. The maximum absolute atomic E-state index is 10.1. The van der Waals surface area contributed by atoms with Crippen LogP contribution in [0, 0.1) is 0 Å². The van der Waals surface area contributed by atoms with E-state index in [1.165, 1.54) is 0 Å². The van der Waals surface area contributed by atoms with Gasteiger partial charge in [-0.1, -0.05) is 0 Å². The summed E-state index contributed by atoms with van der Waals surface area (Å²) >= 11 is 0. The summed E-state index contributed by atoms with van der Waals surface area (Å²) in [6.07, 6.45) is -2.72. The van der Waals surface area contributed by atoms with Crippen molar-refractivity contribution in [3.05, 3.63) is 0 Å². The molecule has 0 saturated carbocycles. The van der Waals surface area contributed by atoms with Gasteiger partial charge in [0.2, 0.25) is 0 Å². The van der Waals surface area contributed by atoms with E-state index in [4.69, 9.17) is 5.11 Å². The number of carbonyl (C=O) groups excluding carboxylic acids is 3. The van der Waals surface area contributed by atoms with E-state index in [0.717, 1.165) is 0 Å². The molecule has 0 fully saturated rings. The molecule has 0 aromatic rings. The molecule has 0 unspecified atom stereocenters. The van der Waals surface area contributed by atoms with Crippen molar-refractivity contribution in [3.8, 4) is 0 Å². The summed E-state index contributed by atoms with van der Waals surface area (Å²) in [5.74, 6) is -5.98. The molecule has 0 aromatic carbocycles. The Morgan fingerprint density at radius 2 is 1.24 bits per heavy atom. The van der Waals surface area contributed by atoms with Gasteiger partial charge in [0.05, 0.1) is 5.97 Å². The third kappa shape index (κ3) is 13.9. The monoisotopic (exact) mass is 470 g/mol. The number of hydrogen-bond donors (Lipinski definition) is 1. The van der Waals surface area contributed by atoms with Crippen molar-refractivity contribution in [3.63, 3.8) is 0 Å². The quantitative estimate of drug-likeness (QED) is 0.395. The molecule has 1 radical (unpaired) electrons. The zero-order valence-corrected chi connectivity index (χ0v) is 18.9. The average molecular weight is 471 g/mol. The van der Waals surface area contributed by atoms with Gasteiger partial charge < -0.3 is 34.8 Å². The SMILES string of the molecule is O=C([O-])CC(O)(CC(=O)[O-])C(=O)[O-].[Ca+2].[Cd+2].[Cu+2].[Zn+2]. The molecule has 11 heteroatoms. The number of aliphatic hydroxyl groups is 1. The number of rotatable bonds is 5. The van der Waals surface area contributed by atoms with Gasteiger partial charge in [0.15, 0.2) is 0 Å². The van der Waals surface area contributed by atoms with Crippen molar-refractivity contribution in [1.29, 1.82) is 0 Å². The third-order valence-electron chi connectivity index (χ3n) is 1.25. The Morgan fingerprint density at radius 3 is 1.35 bits per heavy atom. The van der Waals surface area contributed by atoms with Crippen molar-refractivity contribution >= 4 is 55.6 Å². The molecular formula is C6H5CaCdCuO7Zn+5. The summed E-state index contributed by atoms with van der Waals surface area (Å²) in [4.78, 5) is 30.0. The van der Waals surface area contributed by atoms with Crippen LogP contribution in [0.15, 0.2) is 0 Å². The first-order valence-electron chi connectivity index (χ1n) is 3.11. The van der Waals surface area contributed by atoms with Crippen LogP contribution in [0.1, 0.15) is 12.8 Å². The zero-order chi connectivity index (χ0) is 10.6. The van der Waals surface area contributed by atoms with Gasteiger partial charge in [0.25, 0.3) is 0 Å². The number of carboxylic acids is 3. The molecule has 0 heterocycles. The second-order valence-corrected chi connectivity index (χ2v) is 2.42. The van der Waals surface area contributed by atoms with E-state index < -0.39 is 36.4 Å². The van der Waals surface area contributed by atoms with Crippen molar-refractivity contribution in [2.75, 3.05) is 0 Å². The van der Waals surface area contributed by atoms with Crippen LogP contribution >= 0.6 is 0 Å². The first-order chi connectivity index (χ1) is 5.78. The van der Waals surface area contributed by atoms with E-state index in [-0.39, 0.29) is 102 Å². The van der Waals surface area contributed by atoms with Gasteiger partial charge in [-0.2, -0.15) is 0 Å². The summed E-state index contributed by atoms with van der Waals surface area (Å²) < 4.78 is 0. The summed E-state index contributed by atoms with van der Waals surface area (Å²) in [5.41, 5.74) is -2.97. The second kappa shape index (κ2) is 14.1. The molecule has 0 atom stereocenters. The first-order valence-corrected chi connectivity index (χ1v) is 3.11. The molecule has 0 spiro atoms. The maximum atomic E-state index is 10.1. The molecule has 83 valence electrons. The van der Waals surface area contributed by atoms with Gasteiger partial charge in [-0.05, 0) is 0 Å². The molecule has 17 heavy (non-hydrogen) atoms. The summed E-state index contributed by atoms with van der Waals surface area (Å²) in [6.45, 7) is 0. The summed E-state index contributed by atoms with van der Waals surface area (Å²) in [6, 6.07) is 0. The van der Waals surface area contributed by atoms with E-state index in [1.807, 2.05) is 0 Å². The fraction of sp³-hybridized carbons (Fsp3) is 0.500. The van der Waals surface area contributed by atoms with Crippen LogP contribution in [0.4, 0.5) is 0 Å². The predicted molar refractivity (Wildman–Crippen MR) is 35.0 cm³/mol. The van der Waals surface area contributed by atoms with Crippen LogP contribution in [0.5, 0.6) is 0 Å². The smallest absolute Gasteiger partial charge is 0.550 e. The Morgan fingerprint density at radius 1 is 1.00 bits per heavy atom. The van der Waals surface area contributed by atoms with Gasteiger partial charge in [-0.25, -0.2) is 0 Å². The first kappa shape index (κ1) is 31.2. The van der Waals surface area contributed by atoms with Crippen molar-refractivity contribution in [2.45, 2.75) is 18.4 Å². The van der Waals surface area contributed by atoms with Crippen molar-refractivity contribution < 1.29 is 98.7 Å². The molecule has 0 rings (SSSR count). The van der Waals surface area contributed by atoms with Crippen LogP contribution < -0.4 is 15.3 Å². The van der Waals surface area contributed by atoms with Crippen LogP contribution in [0.25, 0.3) is 0 Å². The molecule has 7 nitrogen and oxygen atoms in total. The molecule has 0 aliphatic heterocycles. The van der Waals surface area contributed by atoms with Crippen molar-refractivity contribution in [2.24, 2.45) is 0 Å². The van der Waals surface area contributed by atoms with Crippen molar-refractivity contribution in [1.82, 2.24) is 0 Å². The fourth-order valence-corrected chi connectivity index (χ4v) is 0.684. The minimum absolute atomic E-state index is 0. The summed E-state index contributed by atoms with van der Waals surface area (Å²) in [7, 11) is 0. The molecule has 1 N–H and O–H groups in total. The van der Waals surface area contributed by atoms with Crippen LogP contribution in [-0.2, 0) is 78.2 Å². The second-order valence-electron chi connectivity index (χ2n) is 2.42.